The molecule has 0 spiro atoms. The molecule has 3 heterocycles. The van der Waals surface area contributed by atoms with E-state index in [1.165, 1.54) is 0 Å². The van der Waals surface area contributed by atoms with Crippen LogP contribution < -0.4 is 4.90 Å². The van der Waals surface area contributed by atoms with Crippen molar-refractivity contribution in [3.8, 4) is 0 Å². The Balaban J connectivity index is 1.43. The number of carbonyl (C=O) groups excluding carboxylic acids is 1. The molecule has 3 aromatic rings. The summed E-state index contributed by atoms with van der Waals surface area (Å²) in [5.74, 6) is 1.23. The van der Waals surface area contributed by atoms with E-state index in [-0.39, 0.29) is 11.7 Å². The van der Waals surface area contributed by atoms with Gasteiger partial charge in [0.05, 0.1) is 6.33 Å². The van der Waals surface area contributed by atoms with E-state index in [0.717, 1.165) is 49.4 Å². The van der Waals surface area contributed by atoms with Gasteiger partial charge in [-0.25, -0.2) is 9.97 Å². The monoisotopic (exact) mass is 346 g/mol. The maximum absolute atomic E-state index is 12.8. The van der Waals surface area contributed by atoms with Crippen LogP contribution in [0.4, 0.5) is 5.82 Å². The van der Waals surface area contributed by atoms with Crippen molar-refractivity contribution in [1.29, 1.82) is 0 Å². The molecule has 1 aliphatic rings. The standard InChI is InChI=1S/C21H22N4O/c26-21(18-5-2-1-3-6-18)19-7-4-11-25(15-19)20-9-8-17(13-23-20)14-24-12-10-22-16-24/h1-3,5-6,8-10,12-13,16,19H,4,7,11,14-15H2/t19-/m1/s1. The van der Waals surface area contributed by atoms with Crippen LogP contribution in [0.5, 0.6) is 0 Å². The fourth-order valence-corrected chi connectivity index (χ4v) is 3.53. The Bertz CT molecular complexity index is 843. The largest absolute Gasteiger partial charge is 0.356 e. The van der Waals surface area contributed by atoms with Crippen LogP contribution in [0.25, 0.3) is 0 Å². The Morgan fingerprint density at radius 3 is 2.77 bits per heavy atom. The Morgan fingerprint density at radius 1 is 1.15 bits per heavy atom. The summed E-state index contributed by atoms with van der Waals surface area (Å²) in [4.78, 5) is 23.7. The molecule has 1 fully saturated rings. The lowest BCUT2D eigenvalue weighted by molar-refractivity contribution is 0.0907. The summed E-state index contributed by atoms with van der Waals surface area (Å²) in [7, 11) is 0. The van der Waals surface area contributed by atoms with Crippen LogP contribution in [-0.2, 0) is 6.54 Å². The Kier molecular flexibility index (Phi) is 4.78. The van der Waals surface area contributed by atoms with Gasteiger partial charge >= 0.3 is 0 Å². The Labute approximate surface area is 153 Å². The minimum absolute atomic E-state index is 0.0403. The third kappa shape index (κ3) is 3.67. The molecular weight excluding hydrogens is 324 g/mol. The zero-order valence-corrected chi connectivity index (χ0v) is 14.7. The summed E-state index contributed by atoms with van der Waals surface area (Å²) < 4.78 is 2.02. The number of carbonyl (C=O) groups is 1. The van der Waals surface area contributed by atoms with Gasteiger partial charge in [-0.1, -0.05) is 36.4 Å². The fraction of sp³-hybridized carbons (Fsp3) is 0.286. The minimum Gasteiger partial charge on any atom is -0.356 e. The summed E-state index contributed by atoms with van der Waals surface area (Å²) in [5, 5.41) is 0. The smallest absolute Gasteiger partial charge is 0.167 e. The van der Waals surface area contributed by atoms with Gasteiger partial charge in [-0.15, -0.1) is 0 Å². The molecule has 0 saturated carbocycles. The van der Waals surface area contributed by atoms with Gasteiger partial charge in [-0.2, -0.15) is 0 Å². The second-order valence-electron chi connectivity index (χ2n) is 6.78. The van der Waals surface area contributed by atoms with Crippen molar-refractivity contribution in [2.75, 3.05) is 18.0 Å². The van der Waals surface area contributed by atoms with E-state index in [1.807, 2.05) is 47.3 Å². The van der Waals surface area contributed by atoms with Crippen LogP contribution >= 0.6 is 0 Å². The number of Topliss-reactive ketones (excluding diaryl/α,β-unsaturated/α-hetero) is 1. The van der Waals surface area contributed by atoms with Crippen LogP contribution in [0.2, 0.25) is 0 Å². The van der Waals surface area contributed by atoms with Crippen LogP contribution in [-0.4, -0.2) is 33.4 Å². The maximum atomic E-state index is 12.8. The molecular formula is C21H22N4O. The lowest BCUT2D eigenvalue weighted by Crippen LogP contribution is -2.39. The summed E-state index contributed by atoms with van der Waals surface area (Å²) in [6.45, 7) is 2.45. The van der Waals surface area contributed by atoms with Crippen molar-refractivity contribution in [3.63, 3.8) is 0 Å². The van der Waals surface area contributed by atoms with E-state index in [9.17, 15) is 4.79 Å². The molecule has 5 heteroatoms. The van der Waals surface area contributed by atoms with E-state index in [2.05, 4.69) is 27.0 Å². The number of pyridine rings is 1. The van der Waals surface area contributed by atoms with Crippen molar-refractivity contribution < 1.29 is 4.79 Å². The number of piperidine rings is 1. The number of hydrogen-bond acceptors (Lipinski definition) is 4. The molecule has 4 rings (SSSR count). The van der Waals surface area contributed by atoms with Gasteiger partial charge in [0, 0.05) is 49.7 Å². The van der Waals surface area contributed by atoms with Gasteiger partial charge in [0.15, 0.2) is 5.78 Å². The van der Waals surface area contributed by atoms with E-state index >= 15 is 0 Å². The predicted octanol–water partition coefficient (Wildman–Crippen LogP) is 3.43. The van der Waals surface area contributed by atoms with Gasteiger partial charge in [0.25, 0.3) is 0 Å². The maximum Gasteiger partial charge on any atom is 0.167 e. The number of imidazole rings is 1. The highest BCUT2D eigenvalue weighted by Gasteiger charge is 2.27. The number of nitrogens with zero attached hydrogens (tertiary/aromatic N) is 4. The normalized spacial score (nSPS) is 17.2. The fourth-order valence-electron chi connectivity index (χ4n) is 3.53. The third-order valence-corrected chi connectivity index (χ3v) is 4.91. The van der Waals surface area contributed by atoms with Gasteiger partial charge < -0.3 is 9.47 Å². The highest BCUT2D eigenvalue weighted by molar-refractivity contribution is 5.98. The van der Waals surface area contributed by atoms with E-state index in [4.69, 9.17) is 0 Å². The molecule has 0 aliphatic carbocycles. The second-order valence-corrected chi connectivity index (χ2v) is 6.78. The molecule has 2 aromatic heterocycles. The number of anilines is 1. The average molecular weight is 346 g/mol. The zero-order chi connectivity index (χ0) is 17.8. The zero-order valence-electron chi connectivity index (χ0n) is 14.7. The predicted molar refractivity (Wildman–Crippen MR) is 101 cm³/mol. The molecule has 0 bridgehead atoms. The molecule has 5 nitrogen and oxygen atoms in total. The number of hydrogen-bond donors (Lipinski definition) is 0. The first-order valence-corrected chi connectivity index (χ1v) is 9.04. The Morgan fingerprint density at radius 2 is 2.04 bits per heavy atom. The van der Waals surface area contributed by atoms with Crippen LogP contribution in [0.3, 0.4) is 0 Å². The molecule has 1 aromatic carbocycles. The van der Waals surface area contributed by atoms with Gasteiger partial charge in [-0.05, 0) is 24.5 Å². The summed E-state index contributed by atoms with van der Waals surface area (Å²) in [5.41, 5.74) is 1.95. The van der Waals surface area contributed by atoms with E-state index in [1.54, 1.807) is 12.5 Å². The molecule has 0 radical (unpaired) electrons. The van der Waals surface area contributed by atoms with Crippen molar-refractivity contribution in [2.45, 2.75) is 19.4 Å². The van der Waals surface area contributed by atoms with Crippen LogP contribution in [0.1, 0.15) is 28.8 Å². The number of benzene rings is 1. The highest BCUT2D eigenvalue weighted by atomic mass is 16.1. The summed E-state index contributed by atoms with van der Waals surface area (Å²) in [6, 6.07) is 13.8. The van der Waals surface area contributed by atoms with Crippen molar-refractivity contribution in [2.24, 2.45) is 5.92 Å². The van der Waals surface area contributed by atoms with Gasteiger partial charge in [0.2, 0.25) is 0 Å². The SMILES string of the molecule is O=C(c1ccccc1)[C@@H]1CCCN(c2ccc(Cn3ccnc3)cn2)C1. The van der Waals surface area contributed by atoms with Crippen LogP contribution in [0, 0.1) is 5.92 Å². The molecule has 1 saturated heterocycles. The Hall–Kier alpha value is -2.95. The van der Waals surface area contributed by atoms with E-state index in [0.29, 0.717) is 0 Å². The summed E-state index contributed by atoms with van der Waals surface area (Å²) in [6.07, 6.45) is 9.40. The number of aromatic nitrogens is 3. The van der Waals surface area contributed by atoms with Crippen LogP contribution in [0.15, 0.2) is 67.4 Å². The van der Waals surface area contributed by atoms with Crippen molar-refractivity contribution >= 4 is 11.6 Å². The molecule has 26 heavy (non-hydrogen) atoms. The molecule has 0 unspecified atom stereocenters. The quantitative estimate of drug-likeness (QED) is 0.664. The first-order valence-electron chi connectivity index (χ1n) is 9.04. The lowest BCUT2D eigenvalue weighted by atomic mass is 9.90. The van der Waals surface area contributed by atoms with Gasteiger partial charge in [-0.3, -0.25) is 4.79 Å². The van der Waals surface area contributed by atoms with Gasteiger partial charge in [0.1, 0.15) is 5.82 Å². The number of ketones is 1. The first-order chi connectivity index (χ1) is 12.8. The molecule has 1 aliphatic heterocycles. The average Bonchev–Trinajstić information content (AvgIpc) is 3.22. The first kappa shape index (κ1) is 16.5. The number of rotatable bonds is 5. The lowest BCUT2D eigenvalue weighted by Gasteiger charge is -2.33. The van der Waals surface area contributed by atoms with E-state index < -0.39 is 0 Å². The minimum atomic E-state index is 0.0403. The highest BCUT2D eigenvalue weighted by Crippen LogP contribution is 2.24. The van der Waals surface area contributed by atoms with Crippen molar-refractivity contribution in [3.05, 3.63) is 78.5 Å². The summed E-state index contributed by atoms with van der Waals surface area (Å²) >= 11 is 0. The molecule has 1 atom stereocenters. The topological polar surface area (TPSA) is 51.0 Å². The molecule has 0 N–H and O–H groups in total. The van der Waals surface area contributed by atoms with Crippen molar-refractivity contribution in [1.82, 2.24) is 14.5 Å². The molecule has 132 valence electrons. The second kappa shape index (κ2) is 7.52. The molecule has 0 amide bonds. The third-order valence-electron chi connectivity index (χ3n) is 4.91.